The van der Waals surface area contributed by atoms with Gasteiger partial charge >= 0.3 is 0 Å². The Kier molecular flexibility index (Phi) is 5.02. The molecule has 21 heavy (non-hydrogen) atoms. The number of benzene rings is 1. The third-order valence-electron chi connectivity index (χ3n) is 3.01. The molecule has 0 saturated heterocycles. The van der Waals surface area contributed by atoms with Crippen molar-refractivity contribution in [3.63, 3.8) is 0 Å². The highest BCUT2D eigenvalue weighted by Gasteiger charge is 2.20. The molecule has 1 aromatic carbocycles. The van der Waals surface area contributed by atoms with E-state index in [9.17, 15) is 10.1 Å². The Balaban J connectivity index is 2.20. The van der Waals surface area contributed by atoms with E-state index in [0.717, 1.165) is 5.56 Å². The quantitative estimate of drug-likeness (QED) is 0.478. The lowest BCUT2D eigenvalue weighted by Crippen LogP contribution is -2.18. The zero-order valence-corrected chi connectivity index (χ0v) is 12.0. The highest BCUT2D eigenvalue weighted by atomic mass is 16.6. The minimum absolute atomic E-state index is 0.0186. The van der Waals surface area contributed by atoms with Gasteiger partial charge in [0.2, 0.25) is 5.89 Å². The van der Waals surface area contributed by atoms with Crippen LogP contribution in [0, 0.1) is 17.0 Å². The van der Waals surface area contributed by atoms with Crippen molar-refractivity contribution in [2.45, 2.75) is 13.5 Å². The van der Waals surface area contributed by atoms with Crippen LogP contribution in [0.5, 0.6) is 0 Å². The Morgan fingerprint density at radius 3 is 3.00 bits per heavy atom. The summed E-state index contributed by atoms with van der Waals surface area (Å²) in [5.74, 6) is 0.891. The first-order valence-electron chi connectivity index (χ1n) is 6.52. The molecule has 112 valence electrons. The number of nitro groups is 1. The van der Waals surface area contributed by atoms with E-state index < -0.39 is 4.92 Å². The molecule has 7 nitrogen and oxygen atoms in total. The number of rotatable bonds is 7. The summed E-state index contributed by atoms with van der Waals surface area (Å²) in [5, 5.41) is 14.2. The van der Waals surface area contributed by atoms with Crippen molar-refractivity contribution in [2.75, 3.05) is 20.3 Å². The number of nitrogens with zero attached hydrogens (tertiary/aromatic N) is 2. The van der Waals surface area contributed by atoms with Gasteiger partial charge < -0.3 is 14.5 Å². The number of nitrogens with one attached hydrogen (secondary N) is 1. The maximum atomic E-state index is 11.1. The van der Waals surface area contributed by atoms with E-state index in [2.05, 4.69) is 10.3 Å². The van der Waals surface area contributed by atoms with Crippen LogP contribution in [-0.4, -0.2) is 30.2 Å². The van der Waals surface area contributed by atoms with Crippen LogP contribution in [0.1, 0.15) is 11.5 Å². The molecule has 2 aromatic rings. The molecule has 0 fully saturated rings. The summed E-state index contributed by atoms with van der Waals surface area (Å²) in [4.78, 5) is 14.8. The number of hydrogen-bond donors (Lipinski definition) is 1. The normalized spacial score (nSPS) is 10.8. The first-order valence-corrected chi connectivity index (χ1v) is 6.52. The standard InChI is InChI=1S/C14H17N3O4/c1-10-4-3-5-11(17(18)19)14(10)12-8-16-13(21-12)9-15-6-7-20-2/h3-5,8,15H,6-7,9H2,1-2H3. The molecular weight excluding hydrogens is 274 g/mol. The molecule has 7 heteroatoms. The van der Waals surface area contributed by atoms with Crippen LogP contribution < -0.4 is 5.32 Å². The first kappa shape index (κ1) is 15.1. The van der Waals surface area contributed by atoms with E-state index in [-0.39, 0.29) is 5.69 Å². The molecule has 0 radical (unpaired) electrons. The molecule has 1 N–H and O–H groups in total. The van der Waals surface area contributed by atoms with Crippen LogP contribution in [0.2, 0.25) is 0 Å². The van der Waals surface area contributed by atoms with Gasteiger partial charge in [0.15, 0.2) is 5.76 Å². The summed E-state index contributed by atoms with van der Waals surface area (Å²) < 4.78 is 10.5. The predicted molar refractivity (Wildman–Crippen MR) is 76.9 cm³/mol. The zero-order valence-electron chi connectivity index (χ0n) is 12.0. The van der Waals surface area contributed by atoms with E-state index in [1.165, 1.54) is 12.3 Å². The molecule has 0 bridgehead atoms. The van der Waals surface area contributed by atoms with Gasteiger partial charge in [-0.1, -0.05) is 12.1 Å². The molecule has 0 aliphatic rings. The number of ether oxygens (including phenoxy) is 1. The van der Waals surface area contributed by atoms with Crippen LogP contribution in [0.3, 0.4) is 0 Å². The number of hydrogen-bond acceptors (Lipinski definition) is 6. The molecule has 2 rings (SSSR count). The third kappa shape index (κ3) is 3.65. The number of methoxy groups -OCH3 is 1. The number of oxazole rings is 1. The SMILES string of the molecule is COCCNCc1ncc(-c2c(C)cccc2[N+](=O)[O-])o1. The van der Waals surface area contributed by atoms with Crippen molar-refractivity contribution in [1.82, 2.24) is 10.3 Å². The number of nitro benzene ring substituents is 1. The lowest BCUT2D eigenvalue weighted by atomic mass is 10.1. The van der Waals surface area contributed by atoms with Crippen LogP contribution >= 0.6 is 0 Å². The van der Waals surface area contributed by atoms with Crippen molar-refractivity contribution in [2.24, 2.45) is 0 Å². The summed E-state index contributed by atoms with van der Waals surface area (Å²) in [6, 6.07) is 4.92. The van der Waals surface area contributed by atoms with E-state index in [4.69, 9.17) is 9.15 Å². The van der Waals surface area contributed by atoms with Gasteiger partial charge in [-0.25, -0.2) is 4.98 Å². The number of aromatic nitrogens is 1. The Bertz CT molecular complexity index is 624. The summed E-state index contributed by atoms with van der Waals surface area (Å²) in [5.41, 5.74) is 1.27. The second kappa shape index (κ2) is 6.96. The molecule has 0 saturated carbocycles. The minimum Gasteiger partial charge on any atom is -0.439 e. The fourth-order valence-corrected chi connectivity index (χ4v) is 2.00. The first-order chi connectivity index (χ1) is 10.1. The summed E-state index contributed by atoms with van der Waals surface area (Å²) in [6.07, 6.45) is 1.52. The van der Waals surface area contributed by atoms with Gasteiger partial charge in [0, 0.05) is 19.7 Å². The van der Waals surface area contributed by atoms with Crippen LogP contribution in [-0.2, 0) is 11.3 Å². The van der Waals surface area contributed by atoms with Gasteiger partial charge in [-0.05, 0) is 12.5 Å². The van der Waals surface area contributed by atoms with Gasteiger partial charge in [0.1, 0.15) is 0 Å². The van der Waals surface area contributed by atoms with E-state index in [1.54, 1.807) is 26.2 Å². The largest absolute Gasteiger partial charge is 0.439 e. The summed E-state index contributed by atoms with van der Waals surface area (Å²) in [6.45, 7) is 3.53. The predicted octanol–water partition coefficient (Wildman–Crippen LogP) is 2.29. The molecule has 0 spiro atoms. The second-order valence-electron chi connectivity index (χ2n) is 4.51. The van der Waals surface area contributed by atoms with Gasteiger partial charge in [0.25, 0.3) is 5.69 Å². The molecule has 0 amide bonds. The van der Waals surface area contributed by atoms with E-state index in [1.807, 2.05) is 0 Å². The van der Waals surface area contributed by atoms with Crippen molar-refractivity contribution in [3.05, 3.63) is 46.0 Å². The Morgan fingerprint density at radius 1 is 1.48 bits per heavy atom. The Morgan fingerprint density at radius 2 is 2.29 bits per heavy atom. The average molecular weight is 291 g/mol. The maximum absolute atomic E-state index is 11.1. The maximum Gasteiger partial charge on any atom is 0.280 e. The monoisotopic (exact) mass is 291 g/mol. The van der Waals surface area contributed by atoms with Gasteiger partial charge in [0.05, 0.1) is 29.8 Å². The van der Waals surface area contributed by atoms with Gasteiger partial charge in [-0.3, -0.25) is 10.1 Å². The Labute approximate surface area is 122 Å². The smallest absolute Gasteiger partial charge is 0.280 e. The second-order valence-corrected chi connectivity index (χ2v) is 4.51. The van der Waals surface area contributed by atoms with E-state index >= 15 is 0 Å². The topological polar surface area (TPSA) is 90.4 Å². The van der Waals surface area contributed by atoms with Crippen LogP contribution in [0.15, 0.2) is 28.8 Å². The van der Waals surface area contributed by atoms with E-state index in [0.29, 0.717) is 36.9 Å². The van der Waals surface area contributed by atoms with Crippen LogP contribution in [0.4, 0.5) is 5.69 Å². The molecule has 0 atom stereocenters. The summed E-state index contributed by atoms with van der Waals surface area (Å²) in [7, 11) is 1.63. The summed E-state index contributed by atoms with van der Waals surface area (Å²) >= 11 is 0. The minimum atomic E-state index is -0.415. The highest BCUT2D eigenvalue weighted by molar-refractivity contribution is 5.72. The molecule has 0 aliphatic heterocycles. The fourth-order valence-electron chi connectivity index (χ4n) is 2.00. The van der Waals surface area contributed by atoms with Crippen molar-refractivity contribution >= 4 is 5.69 Å². The van der Waals surface area contributed by atoms with Gasteiger partial charge in [-0.15, -0.1) is 0 Å². The molecule has 0 aliphatic carbocycles. The molecule has 1 heterocycles. The number of aryl methyl sites for hydroxylation is 1. The Hall–Kier alpha value is -2.25. The highest BCUT2D eigenvalue weighted by Crippen LogP contribution is 2.33. The zero-order chi connectivity index (χ0) is 15.2. The molecule has 0 unspecified atom stereocenters. The average Bonchev–Trinajstić information content (AvgIpc) is 2.91. The lowest BCUT2D eigenvalue weighted by molar-refractivity contribution is -0.384. The third-order valence-corrected chi connectivity index (χ3v) is 3.01. The molecule has 1 aromatic heterocycles. The molecular formula is C14H17N3O4. The van der Waals surface area contributed by atoms with Gasteiger partial charge in [-0.2, -0.15) is 0 Å². The van der Waals surface area contributed by atoms with Crippen molar-refractivity contribution in [1.29, 1.82) is 0 Å². The lowest BCUT2D eigenvalue weighted by Gasteiger charge is -2.03. The van der Waals surface area contributed by atoms with Crippen LogP contribution in [0.25, 0.3) is 11.3 Å². The van der Waals surface area contributed by atoms with Crippen molar-refractivity contribution < 1.29 is 14.1 Å². The van der Waals surface area contributed by atoms with Crippen molar-refractivity contribution in [3.8, 4) is 11.3 Å². The fraction of sp³-hybridized carbons (Fsp3) is 0.357.